The van der Waals surface area contributed by atoms with Crippen molar-refractivity contribution in [1.29, 1.82) is 0 Å². The zero-order valence-electron chi connectivity index (χ0n) is 5.48. The predicted molar refractivity (Wildman–Crippen MR) is 34.2 cm³/mol. The highest BCUT2D eigenvalue weighted by Crippen LogP contribution is 2.14. The highest BCUT2D eigenvalue weighted by atomic mass is 16.8. The van der Waals surface area contributed by atoms with Crippen LogP contribution in [0.2, 0.25) is 0 Å². The summed E-state index contributed by atoms with van der Waals surface area (Å²) in [5.74, 6) is -0.818. The zero-order chi connectivity index (χ0) is 9.35. The van der Waals surface area contributed by atoms with Gasteiger partial charge in [0.2, 0.25) is 0 Å². The minimum atomic E-state index is -2.13. The maximum Gasteiger partial charge on any atom is 0.429 e. The van der Waals surface area contributed by atoms with Gasteiger partial charge < -0.3 is 15.3 Å². The average Bonchev–Trinajstić information content (AvgIpc) is 2.33. The summed E-state index contributed by atoms with van der Waals surface area (Å²) in [6.07, 6.45) is 0.623. The minimum absolute atomic E-state index is 0.292. The van der Waals surface area contributed by atoms with Crippen LogP contribution in [0, 0.1) is 25.4 Å². The Hall–Kier alpha value is -1.87. The van der Waals surface area contributed by atoms with Gasteiger partial charge in [-0.05, 0) is 4.92 Å². The van der Waals surface area contributed by atoms with E-state index in [0.29, 0.717) is 12.5 Å². The second-order valence-corrected chi connectivity index (χ2v) is 1.90. The molecular weight excluding hydrogens is 172 g/mol. The molecule has 1 atom stereocenters. The van der Waals surface area contributed by atoms with Crippen molar-refractivity contribution in [3.05, 3.63) is 37.5 Å². The van der Waals surface area contributed by atoms with Crippen LogP contribution < -0.4 is 0 Å². The average molecular weight is 174 g/mol. The van der Waals surface area contributed by atoms with Crippen LogP contribution in [0.25, 0.3) is 0 Å². The van der Waals surface area contributed by atoms with Crippen LogP contribution in [0.1, 0.15) is 0 Å². The van der Waals surface area contributed by atoms with E-state index in [4.69, 9.17) is 0 Å². The predicted octanol–water partition coefficient (Wildman–Crippen LogP) is -0.390. The van der Waals surface area contributed by atoms with Crippen LogP contribution >= 0.6 is 0 Å². The van der Waals surface area contributed by atoms with Gasteiger partial charge in [0.15, 0.2) is 0 Å². The summed E-state index contributed by atoms with van der Waals surface area (Å²) in [6.45, 7) is 0. The zero-order valence-corrected chi connectivity index (χ0v) is 5.48. The topological polar surface area (TPSA) is 122 Å². The molecule has 9 nitrogen and oxygen atoms in total. The first-order valence-electron chi connectivity index (χ1n) is 2.62. The van der Waals surface area contributed by atoms with Crippen molar-refractivity contribution in [2.45, 2.75) is 0 Å². The third-order valence-electron chi connectivity index (χ3n) is 1.10. The normalized spacial score (nSPS) is 26.9. The van der Waals surface area contributed by atoms with E-state index >= 15 is 0 Å². The Morgan fingerprint density at radius 1 is 1.42 bits per heavy atom. The summed E-state index contributed by atoms with van der Waals surface area (Å²) >= 11 is 0. The summed E-state index contributed by atoms with van der Waals surface area (Å²) in [7, 11) is 0. The second kappa shape index (κ2) is 2.32. The number of hydroxylamine groups is 2. The quantitative estimate of drug-likeness (QED) is 0.244. The van der Waals surface area contributed by atoms with E-state index in [1.165, 1.54) is 0 Å². The molecule has 1 unspecified atom stereocenters. The SMILES string of the molecule is O=[N+]([O-])C1=C[N+]([O-])([N+](=O)[O-])C=N1. The maximum atomic E-state index is 10.8. The molecule has 64 valence electrons. The monoisotopic (exact) mass is 174 g/mol. The van der Waals surface area contributed by atoms with Gasteiger partial charge in [0, 0.05) is 9.75 Å². The fourth-order valence-electron chi connectivity index (χ4n) is 0.558. The number of nitro groups is 2. The molecule has 0 amide bonds. The third kappa shape index (κ3) is 1.13. The van der Waals surface area contributed by atoms with Gasteiger partial charge in [-0.15, -0.1) is 0 Å². The van der Waals surface area contributed by atoms with Crippen molar-refractivity contribution in [1.82, 2.24) is 0 Å². The molecule has 1 aliphatic heterocycles. The van der Waals surface area contributed by atoms with Crippen molar-refractivity contribution in [2.75, 3.05) is 0 Å². The van der Waals surface area contributed by atoms with Gasteiger partial charge in [-0.1, -0.05) is 0 Å². The Morgan fingerprint density at radius 3 is 2.25 bits per heavy atom. The van der Waals surface area contributed by atoms with Crippen LogP contribution in [0.4, 0.5) is 0 Å². The van der Waals surface area contributed by atoms with E-state index in [9.17, 15) is 25.4 Å². The lowest BCUT2D eigenvalue weighted by Gasteiger charge is -2.12. The number of rotatable bonds is 2. The van der Waals surface area contributed by atoms with E-state index in [-0.39, 0.29) is 0 Å². The molecule has 12 heavy (non-hydrogen) atoms. The number of quaternary nitrogens is 1. The van der Waals surface area contributed by atoms with E-state index in [1.54, 1.807) is 0 Å². The fraction of sp³-hybridized carbons (Fsp3) is 0. The molecule has 0 bridgehead atoms. The fourth-order valence-corrected chi connectivity index (χ4v) is 0.558. The molecule has 1 heterocycles. The van der Waals surface area contributed by atoms with Gasteiger partial charge >= 0.3 is 12.2 Å². The van der Waals surface area contributed by atoms with Gasteiger partial charge in [-0.2, -0.15) is 0 Å². The molecule has 0 saturated carbocycles. The minimum Gasteiger partial charge on any atom is -0.556 e. The Labute approximate surface area is 64.7 Å². The second-order valence-electron chi connectivity index (χ2n) is 1.90. The Kier molecular flexibility index (Phi) is 1.59. The van der Waals surface area contributed by atoms with Crippen LogP contribution in [0.3, 0.4) is 0 Å². The highest BCUT2D eigenvalue weighted by molar-refractivity contribution is 5.51. The van der Waals surface area contributed by atoms with Crippen LogP contribution in [0.15, 0.2) is 17.0 Å². The van der Waals surface area contributed by atoms with Crippen LogP contribution in [-0.2, 0) is 0 Å². The molecule has 0 aliphatic carbocycles. The molecule has 1 rings (SSSR count). The molecule has 0 aromatic rings. The first-order chi connectivity index (χ1) is 5.46. The lowest BCUT2D eigenvalue weighted by Crippen LogP contribution is -2.38. The molecular formula is C3H2N4O5. The summed E-state index contributed by atoms with van der Waals surface area (Å²) < 4.78 is -2.13. The molecule has 0 aromatic carbocycles. The standard InChI is InChI=1S/C3H2N4O5/c8-5(9)3-1-7(12,2-4-3)6(10)11/h1-2H. The molecule has 0 N–H and O–H groups in total. The molecule has 0 saturated heterocycles. The maximum absolute atomic E-state index is 10.8. The number of nitrogens with zero attached hydrogens (tertiary/aromatic N) is 4. The van der Waals surface area contributed by atoms with Gasteiger partial charge in [0.1, 0.15) is 0 Å². The molecule has 9 heteroatoms. The van der Waals surface area contributed by atoms with Crippen molar-refractivity contribution in [3.63, 3.8) is 0 Å². The summed E-state index contributed by atoms with van der Waals surface area (Å²) in [5.41, 5.74) is 0. The highest BCUT2D eigenvalue weighted by Gasteiger charge is 2.39. The molecule has 0 spiro atoms. The first-order valence-corrected chi connectivity index (χ1v) is 2.62. The summed E-state index contributed by atoms with van der Waals surface area (Å²) in [5, 5.41) is 29.5. The smallest absolute Gasteiger partial charge is 0.429 e. The van der Waals surface area contributed by atoms with Gasteiger partial charge in [0.05, 0.1) is 0 Å². The number of aliphatic imine (C=N–C) groups is 1. The summed E-state index contributed by atoms with van der Waals surface area (Å²) in [4.78, 5) is 22.0. The van der Waals surface area contributed by atoms with E-state index in [2.05, 4.69) is 4.99 Å². The first kappa shape index (κ1) is 8.23. The van der Waals surface area contributed by atoms with Gasteiger partial charge in [-0.3, -0.25) is 0 Å². The van der Waals surface area contributed by atoms with Crippen LogP contribution in [0.5, 0.6) is 0 Å². The van der Waals surface area contributed by atoms with E-state index in [1.807, 2.05) is 0 Å². The Balaban J connectivity index is 2.99. The van der Waals surface area contributed by atoms with Crippen molar-refractivity contribution in [2.24, 2.45) is 4.99 Å². The van der Waals surface area contributed by atoms with E-state index < -0.39 is 20.5 Å². The number of hydrogen-bond donors (Lipinski definition) is 0. The lowest BCUT2D eigenvalue weighted by atomic mass is 10.8. The van der Waals surface area contributed by atoms with Crippen molar-refractivity contribution >= 4 is 6.34 Å². The van der Waals surface area contributed by atoms with E-state index in [0.717, 1.165) is 0 Å². The number of hydrogen-bond acceptors (Lipinski definition) is 6. The van der Waals surface area contributed by atoms with Crippen molar-refractivity contribution < 1.29 is 14.7 Å². The van der Waals surface area contributed by atoms with Crippen LogP contribution in [-0.4, -0.2) is 21.0 Å². The van der Waals surface area contributed by atoms with Gasteiger partial charge in [0.25, 0.3) is 11.2 Å². The molecule has 0 aromatic heterocycles. The Bertz CT molecular complexity index is 308. The molecule has 0 radical (unpaired) electrons. The lowest BCUT2D eigenvalue weighted by molar-refractivity contribution is -1.21. The van der Waals surface area contributed by atoms with Gasteiger partial charge in [-0.25, -0.2) is 10.1 Å². The Morgan fingerprint density at radius 2 is 2.00 bits per heavy atom. The third-order valence-corrected chi connectivity index (χ3v) is 1.10. The molecule has 0 fully saturated rings. The molecule has 1 aliphatic rings. The largest absolute Gasteiger partial charge is 0.556 e. The summed E-state index contributed by atoms with van der Waals surface area (Å²) in [6, 6.07) is 0. The van der Waals surface area contributed by atoms with Crippen molar-refractivity contribution in [3.8, 4) is 0 Å².